The van der Waals surface area contributed by atoms with E-state index >= 15 is 0 Å². The van der Waals surface area contributed by atoms with Crippen LogP contribution in [-0.2, 0) is 21.4 Å². The van der Waals surface area contributed by atoms with E-state index in [-0.39, 0.29) is 16.8 Å². The van der Waals surface area contributed by atoms with Crippen molar-refractivity contribution in [2.45, 2.75) is 93.4 Å². The van der Waals surface area contributed by atoms with Crippen LogP contribution in [0.1, 0.15) is 90.0 Å². The summed E-state index contributed by atoms with van der Waals surface area (Å²) in [7, 11) is 0. The van der Waals surface area contributed by atoms with Crippen LogP contribution in [0.3, 0.4) is 0 Å². The van der Waals surface area contributed by atoms with Crippen LogP contribution in [0.2, 0.25) is 0 Å². The molecular formula is C24H40O3. The van der Waals surface area contributed by atoms with Gasteiger partial charge in [-0.25, -0.2) is 0 Å². The molecular weight excluding hydrogens is 336 g/mol. The van der Waals surface area contributed by atoms with Crippen LogP contribution in [-0.4, -0.2) is 17.7 Å². The zero-order valence-corrected chi connectivity index (χ0v) is 19.0. The number of carbonyl (C=O) groups is 1. The number of ether oxygens (including phenoxy) is 1. The first-order chi connectivity index (χ1) is 12.3. The lowest BCUT2D eigenvalue weighted by molar-refractivity contribution is -0.145. The number of carbonyl (C=O) groups excluding carboxylic acids is 1. The van der Waals surface area contributed by atoms with Crippen molar-refractivity contribution < 1.29 is 14.6 Å². The number of rotatable bonds is 8. The predicted octanol–water partition coefficient (Wildman–Crippen LogP) is 6.24. The molecule has 0 radical (unpaired) electrons. The molecule has 27 heavy (non-hydrogen) atoms. The highest BCUT2D eigenvalue weighted by molar-refractivity contribution is 5.70. The van der Waals surface area contributed by atoms with Gasteiger partial charge in [-0.1, -0.05) is 61.0 Å². The molecule has 1 unspecified atom stereocenters. The molecule has 0 aliphatic heterocycles. The lowest BCUT2D eigenvalue weighted by Gasteiger charge is -2.26. The summed E-state index contributed by atoms with van der Waals surface area (Å²) in [6.07, 6.45) is 3.20. The Kier molecular flexibility index (Phi) is 7.95. The molecule has 0 spiro atoms. The summed E-state index contributed by atoms with van der Waals surface area (Å²) >= 11 is 0. The van der Waals surface area contributed by atoms with Gasteiger partial charge in [0.2, 0.25) is 0 Å². The topological polar surface area (TPSA) is 46.5 Å². The number of phenols is 1. The Bertz CT molecular complexity index is 651. The zero-order chi connectivity index (χ0) is 21.0. The fourth-order valence-corrected chi connectivity index (χ4v) is 3.49. The van der Waals surface area contributed by atoms with E-state index in [0.717, 1.165) is 35.1 Å². The highest BCUT2D eigenvalue weighted by Crippen LogP contribution is 2.36. The van der Waals surface area contributed by atoms with Crippen LogP contribution >= 0.6 is 0 Å². The van der Waals surface area contributed by atoms with E-state index in [4.69, 9.17) is 4.74 Å². The zero-order valence-electron chi connectivity index (χ0n) is 19.0. The Balaban J connectivity index is 2.70. The normalized spacial score (nSPS) is 13.5. The Morgan fingerprint density at radius 3 is 2.26 bits per heavy atom. The van der Waals surface area contributed by atoms with Crippen molar-refractivity contribution in [1.29, 1.82) is 0 Å². The van der Waals surface area contributed by atoms with Gasteiger partial charge in [0.25, 0.3) is 0 Å². The van der Waals surface area contributed by atoms with Gasteiger partial charge in [-0.2, -0.15) is 0 Å². The molecule has 0 fully saturated rings. The van der Waals surface area contributed by atoms with E-state index in [2.05, 4.69) is 54.5 Å². The van der Waals surface area contributed by atoms with Gasteiger partial charge < -0.3 is 9.84 Å². The summed E-state index contributed by atoms with van der Waals surface area (Å²) in [4.78, 5) is 12.2. The standard InChI is InChI=1S/C24H40O3/c1-10-24(8,9)14-16(2)15-27-21(25)12-11-19-13-20(23(5,6)7)22(26)18(4)17(19)3/h13,16,26H,10-12,14-15H2,1-9H3. The van der Waals surface area contributed by atoms with Crippen molar-refractivity contribution in [2.75, 3.05) is 6.61 Å². The van der Waals surface area contributed by atoms with Gasteiger partial charge >= 0.3 is 5.97 Å². The largest absolute Gasteiger partial charge is 0.507 e. The molecule has 1 atom stereocenters. The SMILES string of the molecule is CCC(C)(C)CC(C)COC(=O)CCc1cc(C(C)(C)C)c(O)c(C)c1C. The second-order valence-corrected chi connectivity index (χ2v) is 9.94. The minimum absolute atomic E-state index is 0.140. The van der Waals surface area contributed by atoms with E-state index in [1.807, 2.05) is 13.8 Å². The van der Waals surface area contributed by atoms with Crippen molar-refractivity contribution in [3.63, 3.8) is 0 Å². The van der Waals surface area contributed by atoms with Crippen LogP contribution in [0, 0.1) is 25.2 Å². The molecule has 1 aromatic rings. The molecule has 0 saturated carbocycles. The second-order valence-electron chi connectivity index (χ2n) is 9.94. The van der Waals surface area contributed by atoms with Gasteiger partial charge in [0, 0.05) is 6.42 Å². The summed E-state index contributed by atoms with van der Waals surface area (Å²) in [5.41, 5.74) is 4.17. The Hall–Kier alpha value is -1.51. The molecule has 0 aliphatic carbocycles. The summed E-state index contributed by atoms with van der Waals surface area (Å²) in [6, 6.07) is 2.05. The van der Waals surface area contributed by atoms with Crippen LogP contribution in [0.4, 0.5) is 0 Å². The third-order valence-corrected chi connectivity index (χ3v) is 5.77. The van der Waals surface area contributed by atoms with Crippen LogP contribution < -0.4 is 0 Å². The maximum atomic E-state index is 12.2. The van der Waals surface area contributed by atoms with Crippen molar-refractivity contribution in [3.8, 4) is 5.75 Å². The lowest BCUT2D eigenvalue weighted by atomic mass is 9.81. The minimum Gasteiger partial charge on any atom is -0.507 e. The quantitative estimate of drug-likeness (QED) is 0.546. The van der Waals surface area contributed by atoms with Gasteiger partial charge in [0.1, 0.15) is 5.75 Å². The molecule has 1 rings (SSSR count). The van der Waals surface area contributed by atoms with Crippen molar-refractivity contribution in [3.05, 3.63) is 28.3 Å². The van der Waals surface area contributed by atoms with E-state index in [9.17, 15) is 9.90 Å². The monoisotopic (exact) mass is 376 g/mol. The third kappa shape index (κ3) is 6.86. The predicted molar refractivity (Wildman–Crippen MR) is 113 cm³/mol. The average molecular weight is 377 g/mol. The van der Waals surface area contributed by atoms with E-state index in [0.29, 0.717) is 31.1 Å². The molecule has 1 N–H and O–H groups in total. The highest BCUT2D eigenvalue weighted by Gasteiger charge is 2.23. The number of aryl methyl sites for hydroxylation is 1. The molecule has 3 heteroatoms. The van der Waals surface area contributed by atoms with Gasteiger partial charge in [-0.3, -0.25) is 4.79 Å². The maximum absolute atomic E-state index is 12.2. The molecule has 0 aromatic heterocycles. The molecule has 0 aliphatic rings. The first-order valence-corrected chi connectivity index (χ1v) is 10.3. The van der Waals surface area contributed by atoms with E-state index in [1.165, 1.54) is 0 Å². The third-order valence-electron chi connectivity index (χ3n) is 5.77. The second kappa shape index (κ2) is 9.12. The Morgan fingerprint density at radius 2 is 1.74 bits per heavy atom. The molecule has 0 heterocycles. The summed E-state index contributed by atoms with van der Waals surface area (Å²) in [5.74, 6) is 0.603. The smallest absolute Gasteiger partial charge is 0.306 e. The van der Waals surface area contributed by atoms with Crippen molar-refractivity contribution >= 4 is 5.97 Å². The lowest BCUT2D eigenvalue weighted by Crippen LogP contribution is -2.19. The molecule has 0 saturated heterocycles. The fraction of sp³-hybridized carbons (Fsp3) is 0.708. The number of esters is 1. The summed E-state index contributed by atoms with van der Waals surface area (Å²) in [6.45, 7) is 19.6. The maximum Gasteiger partial charge on any atom is 0.306 e. The number of benzene rings is 1. The number of aromatic hydroxyl groups is 1. The van der Waals surface area contributed by atoms with Crippen LogP contribution in [0.15, 0.2) is 6.07 Å². The fourth-order valence-electron chi connectivity index (χ4n) is 3.49. The Morgan fingerprint density at radius 1 is 1.15 bits per heavy atom. The van der Waals surface area contributed by atoms with Crippen molar-refractivity contribution in [1.82, 2.24) is 0 Å². The number of hydrogen-bond acceptors (Lipinski definition) is 3. The van der Waals surface area contributed by atoms with Crippen molar-refractivity contribution in [2.24, 2.45) is 11.3 Å². The minimum atomic E-state index is -0.140. The number of hydrogen-bond donors (Lipinski definition) is 1. The van der Waals surface area contributed by atoms with E-state index < -0.39 is 0 Å². The van der Waals surface area contributed by atoms with Crippen LogP contribution in [0.5, 0.6) is 5.75 Å². The van der Waals surface area contributed by atoms with E-state index in [1.54, 1.807) is 0 Å². The molecule has 0 bridgehead atoms. The molecule has 1 aromatic carbocycles. The first kappa shape index (κ1) is 23.5. The van der Waals surface area contributed by atoms with Gasteiger partial charge in [0.05, 0.1) is 6.61 Å². The first-order valence-electron chi connectivity index (χ1n) is 10.3. The van der Waals surface area contributed by atoms with Gasteiger partial charge in [-0.05, 0) is 65.7 Å². The number of phenolic OH excluding ortho intramolecular Hbond substituents is 1. The molecule has 3 nitrogen and oxygen atoms in total. The molecule has 0 amide bonds. The summed E-state index contributed by atoms with van der Waals surface area (Å²) < 4.78 is 5.52. The Labute approximate surface area is 166 Å². The molecule has 154 valence electrons. The van der Waals surface area contributed by atoms with Crippen LogP contribution in [0.25, 0.3) is 0 Å². The highest BCUT2D eigenvalue weighted by atomic mass is 16.5. The van der Waals surface area contributed by atoms with Gasteiger partial charge in [0.15, 0.2) is 0 Å². The van der Waals surface area contributed by atoms with Gasteiger partial charge in [-0.15, -0.1) is 0 Å². The average Bonchev–Trinajstić information content (AvgIpc) is 2.55. The summed E-state index contributed by atoms with van der Waals surface area (Å²) in [5, 5.41) is 10.5.